The second-order valence-electron chi connectivity index (χ2n) is 7.01. The smallest absolute Gasteiger partial charge is 0.252 e. The molecule has 0 radical (unpaired) electrons. The van der Waals surface area contributed by atoms with Crippen molar-refractivity contribution in [2.24, 2.45) is 0 Å². The minimum Gasteiger partial charge on any atom is -0.368 e. The Kier molecular flexibility index (Phi) is 6.63. The number of amides is 2. The predicted molar refractivity (Wildman–Crippen MR) is 103 cm³/mol. The molecule has 0 bridgehead atoms. The van der Waals surface area contributed by atoms with Gasteiger partial charge in [-0.05, 0) is 38.1 Å². The van der Waals surface area contributed by atoms with Crippen molar-refractivity contribution in [2.75, 3.05) is 57.8 Å². The van der Waals surface area contributed by atoms with Gasteiger partial charge in [0.1, 0.15) is 11.4 Å². The van der Waals surface area contributed by atoms with Crippen LogP contribution in [0, 0.1) is 0 Å². The number of methoxy groups -OCH3 is 1. The number of carbonyl (C=O) groups excluding carboxylic acids is 2. The lowest BCUT2D eigenvalue weighted by Gasteiger charge is -2.36. The van der Waals surface area contributed by atoms with Crippen LogP contribution >= 0.6 is 0 Å². The van der Waals surface area contributed by atoms with Crippen molar-refractivity contribution in [3.05, 3.63) is 24.4 Å². The van der Waals surface area contributed by atoms with E-state index in [2.05, 4.69) is 20.5 Å². The second kappa shape index (κ2) is 9.14. The van der Waals surface area contributed by atoms with Gasteiger partial charge in [-0.3, -0.25) is 9.59 Å². The summed E-state index contributed by atoms with van der Waals surface area (Å²) in [5.41, 5.74) is -0.761. The van der Waals surface area contributed by atoms with E-state index in [0.717, 1.165) is 32.0 Å². The molecule has 2 N–H and O–H groups in total. The molecule has 8 nitrogen and oxygen atoms in total. The molecule has 1 aromatic rings. The van der Waals surface area contributed by atoms with Crippen LogP contribution in [0.5, 0.6) is 0 Å². The molecule has 2 aliphatic rings. The van der Waals surface area contributed by atoms with Crippen LogP contribution in [0.15, 0.2) is 24.4 Å². The van der Waals surface area contributed by atoms with Crippen molar-refractivity contribution in [1.29, 1.82) is 0 Å². The summed E-state index contributed by atoms with van der Waals surface area (Å²) < 4.78 is 5.51. The van der Waals surface area contributed by atoms with E-state index < -0.39 is 5.60 Å². The third-order valence-electron chi connectivity index (χ3n) is 5.45. The Morgan fingerprint density at radius 2 is 1.96 bits per heavy atom. The third-order valence-corrected chi connectivity index (χ3v) is 5.45. The average Bonchev–Trinajstić information content (AvgIpc) is 2.74. The van der Waals surface area contributed by atoms with Gasteiger partial charge in [-0.25, -0.2) is 4.98 Å². The predicted octanol–water partition coefficient (Wildman–Crippen LogP) is 0.00510. The molecule has 3 heterocycles. The Balaban J connectivity index is 1.40. The Bertz CT molecular complexity index is 625. The molecule has 27 heavy (non-hydrogen) atoms. The Morgan fingerprint density at radius 3 is 2.59 bits per heavy atom. The molecule has 2 amide bonds. The van der Waals surface area contributed by atoms with Gasteiger partial charge in [0.2, 0.25) is 5.91 Å². The Labute approximate surface area is 160 Å². The molecule has 0 aromatic carbocycles. The van der Waals surface area contributed by atoms with E-state index in [0.29, 0.717) is 38.9 Å². The van der Waals surface area contributed by atoms with Crippen LogP contribution in [0.3, 0.4) is 0 Å². The highest BCUT2D eigenvalue weighted by Crippen LogP contribution is 2.22. The number of hydrogen-bond donors (Lipinski definition) is 2. The summed E-state index contributed by atoms with van der Waals surface area (Å²) in [5.74, 6) is 0.913. The normalized spacial score (nSPS) is 19.6. The monoisotopic (exact) mass is 375 g/mol. The molecule has 2 fully saturated rings. The van der Waals surface area contributed by atoms with Gasteiger partial charge in [-0.15, -0.1) is 0 Å². The number of ether oxygens (including phenoxy) is 1. The zero-order valence-corrected chi connectivity index (χ0v) is 15.9. The maximum absolute atomic E-state index is 12.5. The van der Waals surface area contributed by atoms with Gasteiger partial charge >= 0.3 is 0 Å². The van der Waals surface area contributed by atoms with E-state index in [9.17, 15) is 9.59 Å². The molecule has 8 heteroatoms. The van der Waals surface area contributed by atoms with E-state index in [4.69, 9.17) is 4.74 Å². The number of anilines is 1. The molecular formula is C19H29N5O3. The highest BCUT2D eigenvalue weighted by Gasteiger charge is 2.39. The van der Waals surface area contributed by atoms with Gasteiger partial charge in [-0.2, -0.15) is 0 Å². The number of rotatable bonds is 6. The summed E-state index contributed by atoms with van der Waals surface area (Å²) in [4.78, 5) is 33.4. The molecule has 0 spiro atoms. The quantitative estimate of drug-likeness (QED) is 0.728. The number of piperazine rings is 1. The van der Waals surface area contributed by atoms with Crippen LogP contribution in [0.2, 0.25) is 0 Å². The lowest BCUT2D eigenvalue weighted by molar-refractivity contribution is -0.146. The molecule has 0 unspecified atom stereocenters. The fourth-order valence-electron chi connectivity index (χ4n) is 3.68. The summed E-state index contributed by atoms with van der Waals surface area (Å²) >= 11 is 0. The number of pyridine rings is 1. The lowest BCUT2D eigenvalue weighted by Crippen LogP contribution is -2.54. The summed E-state index contributed by atoms with van der Waals surface area (Å²) in [6.07, 6.45) is 3.40. The minimum atomic E-state index is -0.761. The van der Waals surface area contributed by atoms with Gasteiger partial charge < -0.3 is 25.2 Å². The van der Waals surface area contributed by atoms with Gasteiger partial charge in [0.05, 0.1) is 0 Å². The van der Waals surface area contributed by atoms with E-state index in [1.807, 2.05) is 23.1 Å². The third kappa shape index (κ3) is 4.75. The Hall–Kier alpha value is -2.19. The van der Waals surface area contributed by atoms with E-state index in [1.165, 1.54) is 0 Å². The fraction of sp³-hybridized carbons (Fsp3) is 0.632. The topological polar surface area (TPSA) is 86.8 Å². The highest BCUT2D eigenvalue weighted by atomic mass is 16.5. The molecule has 2 saturated heterocycles. The Morgan fingerprint density at radius 1 is 1.22 bits per heavy atom. The first kappa shape index (κ1) is 19.6. The number of nitrogens with one attached hydrogen (secondary N) is 2. The minimum absolute atomic E-state index is 0.0766. The molecule has 2 aliphatic heterocycles. The van der Waals surface area contributed by atoms with Gasteiger partial charge in [0.25, 0.3) is 5.91 Å². The first-order valence-electron chi connectivity index (χ1n) is 9.62. The fourth-order valence-corrected chi connectivity index (χ4v) is 3.68. The molecule has 3 rings (SSSR count). The summed E-state index contributed by atoms with van der Waals surface area (Å²) in [6, 6.07) is 5.85. The highest BCUT2D eigenvalue weighted by molar-refractivity contribution is 5.86. The zero-order chi connectivity index (χ0) is 19.1. The number of carbonyl (C=O) groups is 2. The molecular weight excluding hydrogens is 346 g/mol. The van der Waals surface area contributed by atoms with Crippen molar-refractivity contribution < 1.29 is 14.3 Å². The van der Waals surface area contributed by atoms with Gasteiger partial charge in [-0.1, -0.05) is 6.07 Å². The number of nitrogens with zero attached hydrogens (tertiary/aromatic N) is 3. The van der Waals surface area contributed by atoms with Crippen LogP contribution in [-0.2, 0) is 14.3 Å². The van der Waals surface area contributed by atoms with E-state index in [-0.39, 0.29) is 11.8 Å². The molecule has 0 saturated carbocycles. The summed E-state index contributed by atoms with van der Waals surface area (Å²) in [6.45, 7) is 4.77. The molecule has 148 valence electrons. The first-order chi connectivity index (χ1) is 13.1. The maximum atomic E-state index is 12.5. The standard InChI is InChI=1S/C19H29N5O3/c1-27-19(6-10-20-11-7-19)18(26)22-9-5-17(25)24-14-12-23(13-15-24)16-4-2-3-8-21-16/h2-4,8,20H,5-7,9-15H2,1H3,(H,22,26). The number of piperidine rings is 1. The van der Waals surface area contributed by atoms with E-state index >= 15 is 0 Å². The number of hydrogen-bond acceptors (Lipinski definition) is 6. The largest absolute Gasteiger partial charge is 0.368 e. The maximum Gasteiger partial charge on any atom is 0.252 e. The summed E-state index contributed by atoms with van der Waals surface area (Å²) in [5, 5.41) is 6.12. The van der Waals surface area contributed by atoms with Crippen LogP contribution in [0.4, 0.5) is 5.82 Å². The van der Waals surface area contributed by atoms with Gasteiger partial charge in [0.15, 0.2) is 0 Å². The van der Waals surface area contributed by atoms with Crippen molar-refractivity contribution in [3.63, 3.8) is 0 Å². The van der Waals surface area contributed by atoms with Crippen molar-refractivity contribution in [2.45, 2.75) is 24.9 Å². The summed E-state index contributed by atoms with van der Waals surface area (Å²) in [7, 11) is 1.58. The lowest BCUT2D eigenvalue weighted by atomic mass is 9.91. The van der Waals surface area contributed by atoms with E-state index in [1.54, 1.807) is 13.3 Å². The number of aromatic nitrogens is 1. The van der Waals surface area contributed by atoms with Crippen LogP contribution in [0.1, 0.15) is 19.3 Å². The molecule has 0 aliphatic carbocycles. The zero-order valence-electron chi connectivity index (χ0n) is 15.9. The average molecular weight is 375 g/mol. The first-order valence-corrected chi connectivity index (χ1v) is 9.62. The van der Waals surface area contributed by atoms with Crippen LogP contribution in [-0.4, -0.2) is 80.2 Å². The second-order valence-corrected chi connectivity index (χ2v) is 7.01. The van der Waals surface area contributed by atoms with Crippen LogP contribution in [0.25, 0.3) is 0 Å². The van der Waals surface area contributed by atoms with Gasteiger partial charge in [0, 0.05) is 52.5 Å². The van der Waals surface area contributed by atoms with Crippen LogP contribution < -0.4 is 15.5 Å². The molecule has 0 atom stereocenters. The van der Waals surface area contributed by atoms with Crippen molar-refractivity contribution >= 4 is 17.6 Å². The van der Waals surface area contributed by atoms with Crippen molar-refractivity contribution in [3.8, 4) is 0 Å². The van der Waals surface area contributed by atoms with Crippen molar-refractivity contribution in [1.82, 2.24) is 20.5 Å². The SMILES string of the molecule is COC1(C(=O)NCCC(=O)N2CCN(c3ccccn3)CC2)CCNCC1. The molecule has 1 aromatic heterocycles.